The van der Waals surface area contributed by atoms with Gasteiger partial charge in [0.2, 0.25) is 0 Å². The summed E-state index contributed by atoms with van der Waals surface area (Å²) in [6.45, 7) is 4.52. The van der Waals surface area contributed by atoms with E-state index in [0.29, 0.717) is 32.1 Å². The molecule has 0 aliphatic rings. The van der Waals surface area contributed by atoms with E-state index in [-0.39, 0.29) is 29.7 Å². The molecular weight excluding hydrogens is 369 g/mol. The molecule has 8 heteroatoms. The Morgan fingerprint density at radius 1 is 1.33 bits per heavy atom. The van der Waals surface area contributed by atoms with Crippen molar-refractivity contribution in [1.82, 2.24) is 10.6 Å². The Balaban J connectivity index is 0. The van der Waals surface area contributed by atoms with E-state index in [4.69, 9.17) is 4.74 Å². The summed E-state index contributed by atoms with van der Waals surface area (Å²) < 4.78 is 26.7. The topological polar surface area (TPSA) is 79.8 Å². The van der Waals surface area contributed by atoms with Crippen LogP contribution in [0.25, 0.3) is 0 Å². The molecular formula is C10H24IN3O3S. The Hall–Kier alpha value is -0.0900. The molecule has 0 fully saturated rings. The van der Waals surface area contributed by atoms with Gasteiger partial charge in [0, 0.05) is 33.0 Å². The van der Waals surface area contributed by atoms with Gasteiger partial charge in [-0.05, 0) is 13.3 Å². The van der Waals surface area contributed by atoms with Gasteiger partial charge in [-0.25, -0.2) is 8.42 Å². The van der Waals surface area contributed by atoms with E-state index >= 15 is 0 Å². The highest BCUT2D eigenvalue weighted by Gasteiger charge is 2.01. The van der Waals surface area contributed by atoms with Gasteiger partial charge in [0.25, 0.3) is 0 Å². The van der Waals surface area contributed by atoms with Gasteiger partial charge in [0.15, 0.2) is 5.96 Å². The fraction of sp³-hybridized carbons (Fsp3) is 0.900. The molecule has 0 saturated heterocycles. The number of methoxy groups -OCH3 is 1. The van der Waals surface area contributed by atoms with Crippen LogP contribution < -0.4 is 10.6 Å². The Bertz CT molecular complexity index is 320. The summed E-state index contributed by atoms with van der Waals surface area (Å²) in [5.74, 6) is 0.867. The molecule has 0 amide bonds. The van der Waals surface area contributed by atoms with Gasteiger partial charge in [-0.15, -0.1) is 24.0 Å². The highest BCUT2D eigenvalue weighted by molar-refractivity contribution is 14.0. The van der Waals surface area contributed by atoms with Crippen molar-refractivity contribution in [1.29, 1.82) is 0 Å². The largest absolute Gasteiger partial charge is 0.383 e. The molecule has 6 nitrogen and oxygen atoms in total. The van der Waals surface area contributed by atoms with Crippen LogP contribution in [0.15, 0.2) is 4.99 Å². The molecule has 0 spiro atoms. The molecule has 0 radical (unpaired) electrons. The Kier molecular flexibility index (Phi) is 13.5. The standard InChI is InChI=1S/C10H23N3O3S.HI/c1-4-11-10(13-7-8-16-2)12-6-5-9-17(3,14)15;/h4-9H2,1-3H3,(H2,11,12,13);1H. The normalized spacial score (nSPS) is 11.8. The van der Waals surface area contributed by atoms with Gasteiger partial charge in [-0.2, -0.15) is 0 Å². The van der Waals surface area contributed by atoms with Crippen molar-refractivity contribution in [2.24, 2.45) is 4.99 Å². The van der Waals surface area contributed by atoms with Crippen molar-refractivity contribution in [2.75, 3.05) is 45.4 Å². The van der Waals surface area contributed by atoms with Crippen LogP contribution in [0.2, 0.25) is 0 Å². The highest BCUT2D eigenvalue weighted by Crippen LogP contribution is 1.89. The van der Waals surface area contributed by atoms with Crippen LogP contribution in [-0.2, 0) is 14.6 Å². The number of rotatable bonds is 8. The molecule has 0 aromatic rings. The molecule has 0 aliphatic heterocycles. The molecule has 0 aromatic carbocycles. The lowest BCUT2D eigenvalue weighted by Gasteiger charge is -2.10. The SMILES string of the molecule is CCNC(=NCCCS(C)(=O)=O)NCCOC.I. The van der Waals surface area contributed by atoms with Crippen LogP contribution in [0.3, 0.4) is 0 Å². The summed E-state index contributed by atoms with van der Waals surface area (Å²) in [6.07, 6.45) is 1.78. The van der Waals surface area contributed by atoms with Crippen molar-refractivity contribution in [3.8, 4) is 0 Å². The van der Waals surface area contributed by atoms with Gasteiger partial charge in [0.1, 0.15) is 9.84 Å². The van der Waals surface area contributed by atoms with Gasteiger partial charge in [-0.1, -0.05) is 0 Å². The minimum absolute atomic E-state index is 0. The average molecular weight is 393 g/mol. The predicted octanol–water partition coefficient (Wildman–Crippen LogP) is 0.241. The summed E-state index contributed by atoms with van der Waals surface area (Å²) in [5.41, 5.74) is 0. The third kappa shape index (κ3) is 14.0. The maximum atomic E-state index is 10.9. The highest BCUT2D eigenvalue weighted by atomic mass is 127. The lowest BCUT2D eigenvalue weighted by Crippen LogP contribution is -2.39. The first-order chi connectivity index (χ1) is 7.99. The van der Waals surface area contributed by atoms with E-state index in [0.717, 1.165) is 6.54 Å². The first-order valence-electron chi connectivity index (χ1n) is 5.68. The molecule has 0 atom stereocenters. The van der Waals surface area contributed by atoms with E-state index in [1.165, 1.54) is 6.26 Å². The van der Waals surface area contributed by atoms with E-state index in [1.807, 2.05) is 6.92 Å². The second kappa shape index (κ2) is 12.0. The van der Waals surface area contributed by atoms with Crippen molar-refractivity contribution >= 4 is 39.8 Å². The van der Waals surface area contributed by atoms with Gasteiger partial charge in [-0.3, -0.25) is 4.99 Å². The van der Waals surface area contributed by atoms with Crippen LogP contribution in [0, 0.1) is 0 Å². The molecule has 0 rings (SSSR count). The number of nitrogens with one attached hydrogen (secondary N) is 2. The quantitative estimate of drug-likeness (QED) is 0.267. The number of guanidine groups is 1. The summed E-state index contributed by atoms with van der Waals surface area (Å²) in [7, 11) is -1.25. The maximum absolute atomic E-state index is 10.9. The Morgan fingerprint density at radius 3 is 2.50 bits per heavy atom. The zero-order valence-corrected chi connectivity index (χ0v) is 14.4. The number of ether oxygens (including phenoxy) is 1. The Morgan fingerprint density at radius 2 is 2.00 bits per heavy atom. The Labute approximate surface area is 127 Å². The van der Waals surface area contributed by atoms with Crippen LogP contribution in [0.5, 0.6) is 0 Å². The van der Waals surface area contributed by atoms with E-state index in [1.54, 1.807) is 7.11 Å². The summed E-state index contributed by atoms with van der Waals surface area (Å²) in [5, 5.41) is 6.16. The molecule has 0 saturated carbocycles. The van der Waals surface area contributed by atoms with Crippen LogP contribution in [0.4, 0.5) is 0 Å². The molecule has 2 N–H and O–H groups in total. The lowest BCUT2D eigenvalue weighted by molar-refractivity contribution is 0.203. The van der Waals surface area contributed by atoms with Gasteiger partial charge < -0.3 is 15.4 Å². The average Bonchev–Trinajstić information content (AvgIpc) is 2.23. The number of halogens is 1. The summed E-state index contributed by atoms with van der Waals surface area (Å²) >= 11 is 0. The number of aliphatic imine (C=N–C) groups is 1. The van der Waals surface area contributed by atoms with E-state index in [2.05, 4.69) is 15.6 Å². The number of nitrogens with zero attached hydrogens (tertiary/aromatic N) is 1. The monoisotopic (exact) mass is 393 g/mol. The zero-order valence-electron chi connectivity index (χ0n) is 11.2. The second-order valence-corrected chi connectivity index (χ2v) is 5.92. The third-order valence-corrected chi connectivity index (χ3v) is 2.92. The molecule has 0 bridgehead atoms. The molecule has 110 valence electrons. The minimum Gasteiger partial charge on any atom is -0.383 e. The van der Waals surface area contributed by atoms with Crippen LogP contribution >= 0.6 is 24.0 Å². The molecule has 18 heavy (non-hydrogen) atoms. The molecule has 0 aromatic heterocycles. The maximum Gasteiger partial charge on any atom is 0.191 e. The number of sulfone groups is 1. The fourth-order valence-corrected chi connectivity index (χ4v) is 1.78. The fourth-order valence-electron chi connectivity index (χ4n) is 1.13. The van der Waals surface area contributed by atoms with Crippen molar-refractivity contribution < 1.29 is 13.2 Å². The van der Waals surface area contributed by atoms with E-state index in [9.17, 15) is 8.42 Å². The van der Waals surface area contributed by atoms with Crippen molar-refractivity contribution in [3.05, 3.63) is 0 Å². The van der Waals surface area contributed by atoms with Crippen molar-refractivity contribution in [2.45, 2.75) is 13.3 Å². The summed E-state index contributed by atoms with van der Waals surface area (Å²) in [6, 6.07) is 0. The molecule has 0 heterocycles. The van der Waals surface area contributed by atoms with Crippen LogP contribution in [-0.4, -0.2) is 59.7 Å². The lowest BCUT2D eigenvalue weighted by atomic mass is 10.5. The second-order valence-electron chi connectivity index (χ2n) is 3.66. The predicted molar refractivity (Wildman–Crippen MR) is 85.6 cm³/mol. The van der Waals surface area contributed by atoms with Crippen LogP contribution in [0.1, 0.15) is 13.3 Å². The zero-order chi connectivity index (χ0) is 13.1. The van der Waals surface area contributed by atoms with E-state index < -0.39 is 9.84 Å². The number of hydrogen-bond donors (Lipinski definition) is 2. The summed E-state index contributed by atoms with van der Waals surface area (Å²) in [4.78, 5) is 4.26. The first-order valence-corrected chi connectivity index (χ1v) is 7.74. The third-order valence-electron chi connectivity index (χ3n) is 1.89. The molecule has 0 unspecified atom stereocenters. The smallest absolute Gasteiger partial charge is 0.191 e. The van der Waals surface area contributed by atoms with Gasteiger partial charge in [0.05, 0.1) is 12.4 Å². The number of hydrogen-bond acceptors (Lipinski definition) is 4. The first kappa shape index (κ1) is 20.2. The van der Waals surface area contributed by atoms with Crippen molar-refractivity contribution in [3.63, 3.8) is 0 Å². The molecule has 0 aliphatic carbocycles. The minimum atomic E-state index is -2.89. The van der Waals surface area contributed by atoms with Gasteiger partial charge >= 0.3 is 0 Å².